The molecule has 1 aromatic carbocycles. The van der Waals surface area contributed by atoms with Crippen LogP contribution in [0.1, 0.15) is 38.3 Å². The molecule has 1 aliphatic heterocycles. The number of rotatable bonds is 6. The monoisotopic (exact) mass is 536 g/mol. The quantitative estimate of drug-likeness (QED) is 0.480. The summed E-state index contributed by atoms with van der Waals surface area (Å²) < 4.78 is 30.8. The molecule has 0 spiro atoms. The summed E-state index contributed by atoms with van der Waals surface area (Å²) in [5.74, 6) is 1.60. The Morgan fingerprint density at radius 3 is 2.50 bits per heavy atom. The molecule has 2 aromatic heterocycles. The Morgan fingerprint density at radius 1 is 1.08 bits per heavy atom. The maximum atomic E-state index is 13.1. The number of ether oxygens (including phenoxy) is 1. The van der Waals surface area contributed by atoms with E-state index in [4.69, 9.17) is 14.7 Å². The highest BCUT2D eigenvalue weighted by atomic mass is 32.2. The molecule has 200 valence electrons. The van der Waals surface area contributed by atoms with Crippen LogP contribution in [0.4, 0.5) is 22.1 Å². The van der Waals surface area contributed by atoms with Gasteiger partial charge < -0.3 is 15.0 Å². The lowest BCUT2D eigenvalue weighted by molar-refractivity contribution is 0.0985. The van der Waals surface area contributed by atoms with Gasteiger partial charge >= 0.3 is 6.03 Å². The molecule has 5 rings (SSSR count). The summed E-state index contributed by atoms with van der Waals surface area (Å²) >= 11 is 0. The Labute approximate surface area is 222 Å². The highest BCUT2D eigenvalue weighted by Crippen LogP contribution is 2.45. The highest BCUT2D eigenvalue weighted by molar-refractivity contribution is 7.91. The summed E-state index contributed by atoms with van der Waals surface area (Å²) in [5.41, 5.74) is 1.86. The molecule has 2 amide bonds. The second-order valence-electron chi connectivity index (χ2n) is 9.90. The number of anilines is 3. The molecule has 1 saturated heterocycles. The van der Waals surface area contributed by atoms with Gasteiger partial charge in [-0.05, 0) is 56.2 Å². The van der Waals surface area contributed by atoms with Crippen LogP contribution in [0.15, 0.2) is 54.7 Å². The number of morpholine rings is 1. The fraction of sp³-hybridized carbons (Fsp3) is 0.407. The number of benzene rings is 1. The van der Waals surface area contributed by atoms with Gasteiger partial charge in [0.15, 0.2) is 15.7 Å². The number of amides is 2. The van der Waals surface area contributed by atoms with Gasteiger partial charge in [0, 0.05) is 36.3 Å². The van der Waals surface area contributed by atoms with E-state index in [0.29, 0.717) is 61.4 Å². The Bertz CT molecular complexity index is 1390. The van der Waals surface area contributed by atoms with Crippen molar-refractivity contribution < 1.29 is 17.9 Å². The summed E-state index contributed by atoms with van der Waals surface area (Å²) in [6.07, 6.45) is 5.70. The standard InChI is InChI=1S/C27H32N6O4S/c1-19-18-37-16-15-33(19)24-17-22(27(38(2,35)36)12-4-5-13-27)30-25(32-24)20-8-10-21(11-9-20)29-26(34)31-23-7-3-6-14-28-23/h3,6-11,14,17,19H,4-5,12-13,15-16,18H2,1-2H3,(H2,28,29,31,34)/t19-/m0/s1. The lowest BCUT2D eigenvalue weighted by Gasteiger charge is -2.35. The number of hydrogen-bond acceptors (Lipinski definition) is 8. The largest absolute Gasteiger partial charge is 0.377 e. The van der Waals surface area contributed by atoms with E-state index in [1.54, 1.807) is 36.5 Å². The number of aromatic nitrogens is 3. The molecular formula is C27H32N6O4S. The van der Waals surface area contributed by atoms with Crippen LogP contribution in [0.3, 0.4) is 0 Å². The molecule has 3 heterocycles. The first-order valence-corrected chi connectivity index (χ1v) is 14.7. The van der Waals surface area contributed by atoms with Crippen molar-refractivity contribution in [3.8, 4) is 11.4 Å². The number of urea groups is 1. The molecule has 0 bridgehead atoms. The van der Waals surface area contributed by atoms with Gasteiger partial charge in [0.2, 0.25) is 0 Å². The molecule has 10 nitrogen and oxygen atoms in total. The summed E-state index contributed by atoms with van der Waals surface area (Å²) in [5, 5.41) is 5.47. The highest BCUT2D eigenvalue weighted by Gasteiger charge is 2.47. The third-order valence-electron chi connectivity index (χ3n) is 7.27. The van der Waals surface area contributed by atoms with Crippen LogP contribution in [0.5, 0.6) is 0 Å². The number of sulfone groups is 1. The molecule has 38 heavy (non-hydrogen) atoms. The van der Waals surface area contributed by atoms with Crippen LogP contribution < -0.4 is 15.5 Å². The number of pyridine rings is 1. The van der Waals surface area contributed by atoms with E-state index in [-0.39, 0.29) is 6.04 Å². The zero-order valence-corrected chi connectivity index (χ0v) is 22.4. The lowest BCUT2D eigenvalue weighted by Crippen LogP contribution is -2.44. The fourth-order valence-electron chi connectivity index (χ4n) is 5.19. The van der Waals surface area contributed by atoms with E-state index in [1.807, 2.05) is 18.2 Å². The SMILES string of the molecule is C[C@H]1COCCN1c1cc(C2(S(C)(=O)=O)CCCC2)nc(-c2ccc(NC(=O)Nc3ccccn3)cc2)n1. The van der Waals surface area contributed by atoms with Gasteiger partial charge in [-0.2, -0.15) is 0 Å². The molecular weight excluding hydrogens is 504 g/mol. The predicted octanol–water partition coefficient (Wildman–Crippen LogP) is 4.22. The van der Waals surface area contributed by atoms with E-state index < -0.39 is 20.6 Å². The summed E-state index contributed by atoms with van der Waals surface area (Å²) in [7, 11) is -3.42. The smallest absolute Gasteiger partial charge is 0.324 e. The van der Waals surface area contributed by atoms with Gasteiger partial charge in [-0.25, -0.2) is 28.2 Å². The maximum Gasteiger partial charge on any atom is 0.324 e. The van der Waals surface area contributed by atoms with Gasteiger partial charge in [-0.1, -0.05) is 18.9 Å². The van der Waals surface area contributed by atoms with Gasteiger partial charge in [0.1, 0.15) is 16.4 Å². The number of carbonyl (C=O) groups is 1. The van der Waals surface area contributed by atoms with Crippen molar-refractivity contribution in [1.82, 2.24) is 15.0 Å². The zero-order valence-electron chi connectivity index (χ0n) is 21.6. The van der Waals surface area contributed by atoms with Crippen molar-refractivity contribution in [2.75, 3.05) is 41.5 Å². The van der Waals surface area contributed by atoms with Crippen LogP contribution in [0.25, 0.3) is 11.4 Å². The Hall–Kier alpha value is -3.57. The first-order chi connectivity index (χ1) is 18.2. The third-order valence-corrected chi connectivity index (χ3v) is 9.31. The molecule has 0 radical (unpaired) electrons. The van der Waals surface area contributed by atoms with Crippen molar-refractivity contribution in [3.63, 3.8) is 0 Å². The average molecular weight is 537 g/mol. The van der Waals surface area contributed by atoms with Crippen LogP contribution in [0, 0.1) is 0 Å². The summed E-state index contributed by atoms with van der Waals surface area (Å²) in [4.78, 5) is 28.3. The topological polar surface area (TPSA) is 126 Å². The summed E-state index contributed by atoms with van der Waals surface area (Å²) in [6, 6.07) is 14.0. The van der Waals surface area contributed by atoms with E-state index in [9.17, 15) is 13.2 Å². The minimum absolute atomic E-state index is 0.0984. The molecule has 2 fully saturated rings. The predicted molar refractivity (Wildman–Crippen MR) is 147 cm³/mol. The van der Waals surface area contributed by atoms with Crippen molar-refractivity contribution >= 4 is 33.2 Å². The van der Waals surface area contributed by atoms with E-state index in [2.05, 4.69) is 27.4 Å². The molecule has 3 aromatic rings. The second-order valence-corrected chi connectivity index (χ2v) is 12.2. The fourth-order valence-corrected chi connectivity index (χ4v) is 6.71. The lowest BCUT2D eigenvalue weighted by atomic mass is 10.0. The molecule has 1 saturated carbocycles. The number of nitrogens with zero attached hydrogens (tertiary/aromatic N) is 4. The maximum absolute atomic E-state index is 13.1. The molecule has 0 unspecified atom stereocenters. The van der Waals surface area contributed by atoms with Crippen molar-refractivity contribution in [1.29, 1.82) is 0 Å². The van der Waals surface area contributed by atoms with Crippen molar-refractivity contribution in [2.45, 2.75) is 43.4 Å². The van der Waals surface area contributed by atoms with Crippen molar-refractivity contribution in [2.24, 2.45) is 0 Å². The molecule has 1 atom stereocenters. The Balaban J connectivity index is 1.47. The second kappa shape index (κ2) is 10.7. The van der Waals surface area contributed by atoms with Crippen LogP contribution in [-0.4, -0.2) is 61.5 Å². The Kier molecular flexibility index (Phi) is 7.31. The number of carbonyl (C=O) groups excluding carboxylic acids is 1. The number of hydrogen-bond donors (Lipinski definition) is 2. The number of nitrogens with one attached hydrogen (secondary N) is 2. The molecule has 11 heteroatoms. The Morgan fingerprint density at radius 2 is 1.84 bits per heavy atom. The van der Waals surface area contributed by atoms with E-state index in [0.717, 1.165) is 18.4 Å². The van der Waals surface area contributed by atoms with Gasteiger partial charge in [-0.3, -0.25) is 5.32 Å². The van der Waals surface area contributed by atoms with Gasteiger partial charge in [0.25, 0.3) is 0 Å². The minimum Gasteiger partial charge on any atom is -0.377 e. The molecule has 2 N–H and O–H groups in total. The van der Waals surface area contributed by atoms with E-state index >= 15 is 0 Å². The zero-order chi connectivity index (χ0) is 26.8. The first-order valence-electron chi connectivity index (χ1n) is 12.8. The summed E-state index contributed by atoms with van der Waals surface area (Å²) in [6.45, 7) is 3.89. The van der Waals surface area contributed by atoms with Gasteiger partial charge in [-0.15, -0.1) is 0 Å². The third kappa shape index (κ3) is 5.34. The first kappa shape index (κ1) is 26.1. The van der Waals surface area contributed by atoms with Gasteiger partial charge in [0.05, 0.1) is 24.9 Å². The van der Waals surface area contributed by atoms with Crippen LogP contribution >= 0.6 is 0 Å². The van der Waals surface area contributed by atoms with E-state index in [1.165, 1.54) is 6.26 Å². The average Bonchev–Trinajstić information content (AvgIpc) is 3.42. The van der Waals surface area contributed by atoms with Crippen LogP contribution in [0.2, 0.25) is 0 Å². The minimum atomic E-state index is -3.42. The molecule has 2 aliphatic rings. The normalized spacial score (nSPS) is 19.2. The molecule has 1 aliphatic carbocycles. The van der Waals surface area contributed by atoms with Crippen molar-refractivity contribution in [3.05, 3.63) is 60.4 Å². The van der Waals surface area contributed by atoms with Crippen LogP contribution in [-0.2, 0) is 19.3 Å².